The summed E-state index contributed by atoms with van der Waals surface area (Å²) < 4.78 is 2.43. The number of hydrogen-bond acceptors (Lipinski definition) is 4. The Balaban J connectivity index is 1.75. The molecule has 0 saturated carbocycles. The van der Waals surface area contributed by atoms with Crippen LogP contribution in [0, 0.1) is 0 Å². The molecule has 1 fully saturated rings. The molecule has 2 heterocycles. The number of benzene rings is 1. The first-order valence-electron chi connectivity index (χ1n) is 6.29. The summed E-state index contributed by atoms with van der Waals surface area (Å²) in [6.07, 6.45) is 5.00. The molecule has 3 nitrogen and oxygen atoms in total. The van der Waals surface area contributed by atoms with Crippen LogP contribution >= 0.6 is 11.9 Å². The van der Waals surface area contributed by atoms with Gasteiger partial charge in [-0.05, 0) is 49.0 Å². The third-order valence-electron chi connectivity index (χ3n) is 3.41. The molecule has 1 N–H and O–H groups in total. The molecule has 3 rings (SSSR count). The Bertz CT molecular complexity index is 543. The minimum atomic E-state index is 0.641. The number of rotatable bonds is 3. The van der Waals surface area contributed by atoms with Gasteiger partial charge in [-0.1, -0.05) is 6.07 Å². The number of likely N-dealkylation sites (N-methyl/N-ethyl adjacent to an activating group) is 1. The van der Waals surface area contributed by atoms with Crippen molar-refractivity contribution in [2.45, 2.75) is 17.4 Å². The molecule has 1 aromatic carbocycles. The predicted molar refractivity (Wildman–Crippen MR) is 76.6 cm³/mol. The van der Waals surface area contributed by atoms with Crippen molar-refractivity contribution in [1.82, 2.24) is 14.6 Å². The van der Waals surface area contributed by atoms with E-state index in [0.29, 0.717) is 6.04 Å². The molecule has 0 spiro atoms. The fraction of sp³-hybridized carbons (Fsp3) is 0.357. The molecule has 0 radical (unpaired) electrons. The van der Waals surface area contributed by atoms with Gasteiger partial charge < -0.3 is 5.32 Å². The van der Waals surface area contributed by atoms with Crippen LogP contribution in [-0.4, -0.2) is 35.5 Å². The lowest BCUT2D eigenvalue weighted by atomic mass is 10.2. The zero-order chi connectivity index (χ0) is 12.4. The maximum absolute atomic E-state index is 4.14. The summed E-state index contributed by atoms with van der Waals surface area (Å²) in [6, 6.07) is 9.29. The highest BCUT2D eigenvalue weighted by Crippen LogP contribution is 2.28. The molecule has 0 aliphatic carbocycles. The number of fused-ring (bicyclic) bond motifs is 1. The molecule has 1 atom stereocenters. The van der Waals surface area contributed by atoms with Crippen LogP contribution in [0.2, 0.25) is 0 Å². The van der Waals surface area contributed by atoms with Crippen LogP contribution in [0.1, 0.15) is 6.42 Å². The van der Waals surface area contributed by atoms with Gasteiger partial charge in [0.1, 0.15) is 0 Å². The molecule has 0 unspecified atom stereocenters. The van der Waals surface area contributed by atoms with Crippen molar-refractivity contribution in [3.05, 3.63) is 36.7 Å². The van der Waals surface area contributed by atoms with Crippen molar-refractivity contribution in [2.75, 3.05) is 20.1 Å². The molecule has 1 saturated heterocycles. The molecule has 18 heavy (non-hydrogen) atoms. The van der Waals surface area contributed by atoms with Crippen LogP contribution in [0.5, 0.6) is 0 Å². The zero-order valence-electron chi connectivity index (χ0n) is 10.5. The van der Waals surface area contributed by atoms with Crippen LogP contribution in [0.4, 0.5) is 0 Å². The van der Waals surface area contributed by atoms with E-state index in [4.69, 9.17) is 0 Å². The first-order valence-corrected chi connectivity index (χ1v) is 7.06. The van der Waals surface area contributed by atoms with Crippen LogP contribution in [-0.2, 0) is 0 Å². The average Bonchev–Trinajstić information content (AvgIpc) is 2.86. The monoisotopic (exact) mass is 259 g/mol. The first-order chi connectivity index (χ1) is 8.85. The van der Waals surface area contributed by atoms with Gasteiger partial charge in [0.05, 0.1) is 0 Å². The first kappa shape index (κ1) is 12.0. The Morgan fingerprint density at radius 3 is 3.11 bits per heavy atom. The van der Waals surface area contributed by atoms with Gasteiger partial charge in [0.2, 0.25) is 0 Å². The summed E-state index contributed by atoms with van der Waals surface area (Å²) in [6.45, 7) is 2.28. The highest BCUT2D eigenvalue weighted by molar-refractivity contribution is 7.97. The molecule has 2 aromatic rings. The van der Waals surface area contributed by atoms with E-state index >= 15 is 0 Å². The SMILES string of the molecule is CN[C@H]1CCN(Sc2ccc3cnccc3c2)C1. The van der Waals surface area contributed by atoms with Crippen LogP contribution in [0.25, 0.3) is 10.8 Å². The number of nitrogens with one attached hydrogen (secondary N) is 1. The van der Waals surface area contributed by atoms with Crippen molar-refractivity contribution in [3.63, 3.8) is 0 Å². The summed E-state index contributed by atoms with van der Waals surface area (Å²) in [5.74, 6) is 0. The molecule has 0 amide bonds. The second-order valence-corrected chi connectivity index (χ2v) is 5.81. The van der Waals surface area contributed by atoms with Gasteiger partial charge in [-0.15, -0.1) is 0 Å². The summed E-state index contributed by atoms with van der Waals surface area (Å²) in [5.41, 5.74) is 0. The number of aromatic nitrogens is 1. The van der Waals surface area contributed by atoms with Crippen molar-refractivity contribution in [2.24, 2.45) is 0 Å². The Morgan fingerprint density at radius 1 is 1.33 bits per heavy atom. The van der Waals surface area contributed by atoms with E-state index in [9.17, 15) is 0 Å². The topological polar surface area (TPSA) is 28.2 Å². The second kappa shape index (κ2) is 5.26. The van der Waals surface area contributed by atoms with Crippen LogP contribution < -0.4 is 5.32 Å². The molecule has 0 bridgehead atoms. The lowest BCUT2D eigenvalue weighted by Gasteiger charge is -2.14. The van der Waals surface area contributed by atoms with Gasteiger partial charge in [-0.2, -0.15) is 0 Å². The number of nitrogens with zero attached hydrogens (tertiary/aromatic N) is 2. The van der Waals surface area contributed by atoms with E-state index in [1.165, 1.54) is 22.1 Å². The fourth-order valence-electron chi connectivity index (χ4n) is 2.31. The average molecular weight is 259 g/mol. The van der Waals surface area contributed by atoms with Crippen LogP contribution in [0.15, 0.2) is 41.6 Å². The Morgan fingerprint density at radius 2 is 2.28 bits per heavy atom. The number of hydrogen-bond donors (Lipinski definition) is 1. The van der Waals surface area contributed by atoms with Crippen LogP contribution in [0.3, 0.4) is 0 Å². The van der Waals surface area contributed by atoms with Crippen molar-refractivity contribution in [1.29, 1.82) is 0 Å². The van der Waals surface area contributed by atoms with Crippen molar-refractivity contribution >= 4 is 22.7 Å². The third kappa shape index (κ3) is 2.51. The lowest BCUT2D eigenvalue weighted by Crippen LogP contribution is -2.27. The Labute approximate surface area is 112 Å². The van der Waals surface area contributed by atoms with Gasteiger partial charge in [0.25, 0.3) is 0 Å². The lowest BCUT2D eigenvalue weighted by molar-refractivity contribution is 0.542. The largest absolute Gasteiger partial charge is 0.316 e. The summed E-state index contributed by atoms with van der Waals surface area (Å²) >= 11 is 1.86. The summed E-state index contributed by atoms with van der Waals surface area (Å²) in [7, 11) is 2.04. The summed E-state index contributed by atoms with van der Waals surface area (Å²) in [4.78, 5) is 5.45. The Kier molecular flexibility index (Phi) is 3.50. The van der Waals surface area contributed by atoms with E-state index in [-0.39, 0.29) is 0 Å². The molecular weight excluding hydrogens is 242 g/mol. The molecule has 1 aromatic heterocycles. The maximum atomic E-state index is 4.14. The second-order valence-electron chi connectivity index (χ2n) is 4.64. The summed E-state index contributed by atoms with van der Waals surface area (Å²) in [5, 5.41) is 5.81. The fourth-order valence-corrected chi connectivity index (χ4v) is 3.37. The highest BCUT2D eigenvalue weighted by atomic mass is 32.2. The highest BCUT2D eigenvalue weighted by Gasteiger charge is 2.21. The Hall–Kier alpha value is -1.10. The molecule has 4 heteroatoms. The maximum Gasteiger partial charge on any atom is 0.0346 e. The molecular formula is C14H17N3S. The molecule has 1 aliphatic heterocycles. The smallest absolute Gasteiger partial charge is 0.0346 e. The van der Waals surface area contributed by atoms with Crippen molar-refractivity contribution in [3.8, 4) is 0 Å². The van der Waals surface area contributed by atoms with Gasteiger partial charge >= 0.3 is 0 Å². The van der Waals surface area contributed by atoms with Gasteiger partial charge in [0, 0.05) is 41.8 Å². The van der Waals surface area contributed by atoms with Crippen molar-refractivity contribution < 1.29 is 0 Å². The van der Waals surface area contributed by atoms with Gasteiger partial charge in [-0.3, -0.25) is 4.98 Å². The quantitative estimate of drug-likeness (QED) is 0.857. The molecule has 1 aliphatic rings. The van der Waals surface area contributed by atoms with Gasteiger partial charge in [-0.25, -0.2) is 4.31 Å². The standard InChI is InChI=1S/C14H17N3S/c1-15-13-5-7-17(10-13)18-14-3-2-12-9-16-6-4-11(12)8-14/h2-4,6,8-9,13,15H,5,7,10H2,1H3/t13-/m0/s1. The minimum absolute atomic E-state index is 0.641. The zero-order valence-corrected chi connectivity index (χ0v) is 11.3. The van der Waals surface area contributed by atoms with E-state index in [1.54, 1.807) is 0 Å². The number of pyridine rings is 1. The van der Waals surface area contributed by atoms with E-state index in [2.05, 4.69) is 38.9 Å². The van der Waals surface area contributed by atoms with Gasteiger partial charge in [0.15, 0.2) is 0 Å². The third-order valence-corrected chi connectivity index (χ3v) is 4.46. The molecule has 94 valence electrons. The van der Waals surface area contributed by atoms with E-state index < -0.39 is 0 Å². The predicted octanol–water partition coefficient (Wildman–Crippen LogP) is 2.54. The normalized spacial score (nSPS) is 20.6. The van der Waals surface area contributed by atoms with E-state index in [0.717, 1.165) is 13.1 Å². The van der Waals surface area contributed by atoms with E-state index in [1.807, 2.05) is 31.4 Å². The minimum Gasteiger partial charge on any atom is -0.316 e.